The molecule has 1 radical (unpaired) electrons. The molecule has 0 saturated carbocycles. The quantitative estimate of drug-likeness (QED) is 0.395. The van der Waals surface area contributed by atoms with Gasteiger partial charge in [-0.3, -0.25) is 0 Å². The third-order valence-electron chi connectivity index (χ3n) is 0. The summed E-state index contributed by atoms with van der Waals surface area (Å²) >= 11 is 0. The van der Waals surface area contributed by atoms with Crippen LogP contribution in [0.15, 0.2) is 0 Å². The largest absolute Gasteiger partial charge is 0.397 e. The molecule has 0 bridgehead atoms. The first-order valence-electron chi connectivity index (χ1n) is 4.80. The molecule has 0 aliphatic carbocycles. The van der Waals surface area contributed by atoms with Crippen LogP contribution in [0.2, 0.25) is 0 Å². The Balaban J connectivity index is -0.0000000167. The zero-order chi connectivity index (χ0) is 12.8. The van der Waals surface area contributed by atoms with E-state index >= 15 is 0 Å². The standard InChI is InChI=1S/4C2H6O.C2H5.Nb/c4*1-2-3;1-2;/h4*3H,2H2,1H3;1H2,2H3;/q;;;;-1;. The first-order chi connectivity index (χ1) is 6.66. The van der Waals surface area contributed by atoms with Crippen LogP contribution < -0.4 is 0 Å². The first-order valence-corrected chi connectivity index (χ1v) is 4.80. The predicted molar refractivity (Wildman–Crippen MR) is 62.1 cm³/mol. The third kappa shape index (κ3) is 6850. The van der Waals surface area contributed by atoms with Crippen molar-refractivity contribution in [2.75, 3.05) is 26.4 Å². The van der Waals surface area contributed by atoms with Gasteiger partial charge in [0.2, 0.25) is 0 Å². The smallest absolute Gasteiger partial charge is 0.0402 e. The van der Waals surface area contributed by atoms with E-state index < -0.39 is 0 Å². The predicted octanol–water partition coefficient (Wildman–Crippen LogP) is 0.832. The Labute approximate surface area is 111 Å². The van der Waals surface area contributed by atoms with Crippen LogP contribution in [0.5, 0.6) is 0 Å². The van der Waals surface area contributed by atoms with Crippen molar-refractivity contribution in [3.8, 4) is 0 Å². The molecule has 15 heavy (non-hydrogen) atoms. The second-order valence-electron chi connectivity index (χ2n) is 1.26. The monoisotopic (exact) mass is 306 g/mol. The molecular weight excluding hydrogens is 277 g/mol. The van der Waals surface area contributed by atoms with E-state index in [-0.39, 0.29) is 48.8 Å². The SMILES string of the molecule is CCO.CCO.CCO.CCO.[CH2-]C.[Nb]. The molecule has 0 aromatic heterocycles. The Bertz CT molecular complexity index is 25.4. The van der Waals surface area contributed by atoms with E-state index in [2.05, 4.69) is 6.92 Å². The topological polar surface area (TPSA) is 80.9 Å². The van der Waals surface area contributed by atoms with E-state index in [0.29, 0.717) is 0 Å². The van der Waals surface area contributed by atoms with Gasteiger partial charge in [0.05, 0.1) is 0 Å². The van der Waals surface area contributed by atoms with Gasteiger partial charge in [-0.25, -0.2) is 0 Å². The molecule has 0 atom stereocenters. The van der Waals surface area contributed by atoms with E-state index in [4.69, 9.17) is 20.4 Å². The maximum absolute atomic E-state index is 7.57. The molecule has 0 aliphatic rings. The van der Waals surface area contributed by atoms with Crippen LogP contribution in [0.25, 0.3) is 0 Å². The van der Waals surface area contributed by atoms with Gasteiger partial charge in [0.15, 0.2) is 0 Å². The fourth-order valence-electron chi connectivity index (χ4n) is 0. The summed E-state index contributed by atoms with van der Waals surface area (Å²) in [5.74, 6) is 0. The summed E-state index contributed by atoms with van der Waals surface area (Å²) in [6, 6.07) is 0. The van der Waals surface area contributed by atoms with Gasteiger partial charge < -0.3 is 27.3 Å². The molecule has 4 nitrogen and oxygen atoms in total. The van der Waals surface area contributed by atoms with E-state index in [0.717, 1.165) is 0 Å². The van der Waals surface area contributed by atoms with E-state index in [1.165, 1.54) is 0 Å². The Morgan fingerprint density at radius 2 is 0.600 bits per heavy atom. The van der Waals surface area contributed by atoms with Gasteiger partial charge in [0, 0.05) is 48.8 Å². The summed E-state index contributed by atoms with van der Waals surface area (Å²) in [5.41, 5.74) is 0. The number of aliphatic hydroxyl groups is 4. The van der Waals surface area contributed by atoms with Gasteiger partial charge in [-0.1, -0.05) is 0 Å². The summed E-state index contributed by atoms with van der Waals surface area (Å²) < 4.78 is 0. The van der Waals surface area contributed by atoms with Gasteiger partial charge in [-0.05, 0) is 27.7 Å². The van der Waals surface area contributed by atoms with Crippen LogP contribution in [-0.2, 0) is 22.4 Å². The van der Waals surface area contributed by atoms with Gasteiger partial charge in [-0.2, -0.15) is 6.92 Å². The van der Waals surface area contributed by atoms with Gasteiger partial charge in [0.25, 0.3) is 0 Å². The molecule has 0 saturated heterocycles. The van der Waals surface area contributed by atoms with Crippen molar-refractivity contribution in [2.24, 2.45) is 0 Å². The van der Waals surface area contributed by atoms with Crippen molar-refractivity contribution in [2.45, 2.75) is 34.6 Å². The summed E-state index contributed by atoms with van der Waals surface area (Å²) in [4.78, 5) is 0. The second-order valence-corrected chi connectivity index (χ2v) is 1.26. The molecule has 5 heteroatoms. The molecule has 0 aliphatic heterocycles. The number of aliphatic hydroxyl groups excluding tert-OH is 4. The normalized spacial score (nSPS) is 5.20. The van der Waals surface area contributed by atoms with Crippen LogP contribution in [0.1, 0.15) is 34.6 Å². The molecule has 0 rings (SSSR count). The zero-order valence-corrected chi connectivity index (χ0v) is 13.0. The van der Waals surface area contributed by atoms with Crippen molar-refractivity contribution >= 4 is 0 Å². The van der Waals surface area contributed by atoms with Crippen LogP contribution in [0.3, 0.4) is 0 Å². The molecule has 0 aromatic rings. The summed E-state index contributed by atoms with van der Waals surface area (Å²) in [6.45, 7) is 12.7. The average molecular weight is 306 g/mol. The summed E-state index contributed by atoms with van der Waals surface area (Å²) in [5, 5.41) is 30.3. The number of rotatable bonds is 0. The zero-order valence-electron chi connectivity index (χ0n) is 10.8. The van der Waals surface area contributed by atoms with Crippen LogP contribution in [0.4, 0.5) is 0 Å². The fraction of sp³-hybridized carbons (Fsp3) is 0.900. The van der Waals surface area contributed by atoms with Crippen molar-refractivity contribution < 1.29 is 42.8 Å². The van der Waals surface area contributed by atoms with Gasteiger partial charge >= 0.3 is 0 Å². The minimum atomic E-state index is 0. The Kier molecular flexibility index (Phi) is 308. The minimum absolute atomic E-state index is 0. The Morgan fingerprint density at radius 1 is 0.600 bits per heavy atom. The van der Waals surface area contributed by atoms with Crippen LogP contribution in [0, 0.1) is 6.92 Å². The Morgan fingerprint density at radius 3 is 0.600 bits per heavy atom. The van der Waals surface area contributed by atoms with Gasteiger partial charge in [0.1, 0.15) is 0 Å². The molecule has 4 N–H and O–H groups in total. The first kappa shape index (κ1) is 36.1. The Hall–Kier alpha value is 0.580. The molecule has 0 spiro atoms. The molecule has 0 aromatic carbocycles. The van der Waals surface area contributed by atoms with Crippen molar-refractivity contribution in [1.82, 2.24) is 0 Å². The van der Waals surface area contributed by atoms with E-state index in [1.54, 1.807) is 34.6 Å². The maximum Gasteiger partial charge on any atom is 0.0402 e. The summed E-state index contributed by atoms with van der Waals surface area (Å²) in [7, 11) is 0. The maximum atomic E-state index is 7.57. The minimum Gasteiger partial charge on any atom is -0.397 e. The van der Waals surface area contributed by atoms with Gasteiger partial charge in [-0.15, -0.1) is 0 Å². The third-order valence-corrected chi connectivity index (χ3v) is 0. The van der Waals surface area contributed by atoms with E-state index in [9.17, 15) is 0 Å². The summed E-state index contributed by atoms with van der Waals surface area (Å²) in [6.07, 6.45) is 0. The number of hydrogen-bond donors (Lipinski definition) is 4. The molecule has 0 heterocycles. The van der Waals surface area contributed by atoms with Crippen LogP contribution in [-0.4, -0.2) is 46.9 Å². The molecular formula is C10H29NbO4-. The second kappa shape index (κ2) is 128. The van der Waals surface area contributed by atoms with Crippen LogP contribution >= 0.6 is 0 Å². The van der Waals surface area contributed by atoms with Crippen molar-refractivity contribution in [3.05, 3.63) is 6.92 Å². The average Bonchev–Trinajstić information content (AvgIpc) is 2.12. The van der Waals surface area contributed by atoms with Crippen molar-refractivity contribution in [1.29, 1.82) is 0 Å². The van der Waals surface area contributed by atoms with E-state index in [1.807, 2.05) is 0 Å². The fourth-order valence-corrected chi connectivity index (χ4v) is 0. The molecule has 0 amide bonds. The van der Waals surface area contributed by atoms with Crippen molar-refractivity contribution in [3.63, 3.8) is 0 Å². The molecule has 0 unspecified atom stereocenters. The molecule has 0 fully saturated rings. The molecule has 99 valence electrons. The number of hydrogen-bond acceptors (Lipinski definition) is 4.